The van der Waals surface area contributed by atoms with E-state index in [0.29, 0.717) is 5.56 Å². The third-order valence-corrected chi connectivity index (χ3v) is 2.40. The standard InChI is InChI=1S/C12H12N2O3/c1-2-17-12(16)11(15)8-3-4-9-6-13-14-7-10(9)5-8/h3-7,11,15H,2H2,1H3. The van der Waals surface area contributed by atoms with E-state index in [4.69, 9.17) is 4.74 Å². The lowest BCUT2D eigenvalue weighted by Crippen LogP contribution is -2.15. The molecular weight excluding hydrogens is 220 g/mol. The highest BCUT2D eigenvalue weighted by Gasteiger charge is 2.18. The number of rotatable bonds is 3. The SMILES string of the molecule is CCOC(=O)C(O)c1ccc2cnncc2c1. The molecular formula is C12H12N2O3. The van der Waals surface area contributed by atoms with E-state index in [-0.39, 0.29) is 6.61 Å². The van der Waals surface area contributed by atoms with E-state index in [1.54, 1.807) is 37.5 Å². The van der Waals surface area contributed by atoms with Gasteiger partial charge in [0.15, 0.2) is 6.10 Å². The molecule has 1 unspecified atom stereocenters. The lowest BCUT2D eigenvalue weighted by Gasteiger charge is -2.10. The highest BCUT2D eigenvalue weighted by Crippen LogP contribution is 2.20. The van der Waals surface area contributed by atoms with E-state index in [2.05, 4.69) is 10.2 Å². The van der Waals surface area contributed by atoms with Gasteiger partial charge in [0.1, 0.15) is 0 Å². The highest BCUT2D eigenvalue weighted by molar-refractivity contribution is 5.84. The Kier molecular flexibility index (Phi) is 3.30. The first-order valence-corrected chi connectivity index (χ1v) is 5.27. The molecule has 2 rings (SSSR count). The monoisotopic (exact) mass is 232 g/mol. The van der Waals surface area contributed by atoms with Crippen LogP contribution in [0.3, 0.4) is 0 Å². The molecule has 1 aromatic carbocycles. The number of nitrogens with zero attached hydrogens (tertiary/aromatic N) is 2. The molecule has 1 aromatic heterocycles. The zero-order chi connectivity index (χ0) is 12.3. The van der Waals surface area contributed by atoms with Crippen LogP contribution in [-0.2, 0) is 9.53 Å². The van der Waals surface area contributed by atoms with Crippen molar-refractivity contribution in [1.82, 2.24) is 10.2 Å². The highest BCUT2D eigenvalue weighted by atomic mass is 16.5. The zero-order valence-electron chi connectivity index (χ0n) is 9.33. The Morgan fingerprint density at radius 2 is 2.06 bits per heavy atom. The van der Waals surface area contributed by atoms with Crippen LogP contribution in [0, 0.1) is 0 Å². The molecule has 0 fully saturated rings. The second kappa shape index (κ2) is 4.88. The number of hydrogen-bond acceptors (Lipinski definition) is 5. The molecule has 0 saturated heterocycles. The van der Waals surface area contributed by atoms with Gasteiger partial charge in [0, 0.05) is 10.8 Å². The van der Waals surface area contributed by atoms with Gasteiger partial charge in [0.05, 0.1) is 19.0 Å². The maximum Gasteiger partial charge on any atom is 0.339 e. The molecule has 1 heterocycles. The van der Waals surface area contributed by atoms with Crippen molar-refractivity contribution in [3.05, 3.63) is 36.2 Å². The maximum absolute atomic E-state index is 11.4. The van der Waals surface area contributed by atoms with Crippen LogP contribution in [0.1, 0.15) is 18.6 Å². The molecule has 0 spiro atoms. The first-order chi connectivity index (χ1) is 8.22. The average molecular weight is 232 g/mol. The summed E-state index contributed by atoms with van der Waals surface area (Å²) < 4.78 is 4.75. The molecule has 0 radical (unpaired) electrons. The maximum atomic E-state index is 11.4. The van der Waals surface area contributed by atoms with Gasteiger partial charge < -0.3 is 9.84 Å². The van der Waals surface area contributed by atoms with Gasteiger partial charge in [-0.25, -0.2) is 4.79 Å². The summed E-state index contributed by atoms with van der Waals surface area (Å²) in [6, 6.07) is 5.15. The molecule has 1 atom stereocenters. The second-order valence-corrected chi connectivity index (χ2v) is 3.53. The van der Waals surface area contributed by atoms with Gasteiger partial charge >= 0.3 is 5.97 Å². The van der Waals surface area contributed by atoms with Gasteiger partial charge in [-0.15, -0.1) is 0 Å². The minimum atomic E-state index is -1.26. The van der Waals surface area contributed by atoms with Gasteiger partial charge in [0.25, 0.3) is 0 Å². The molecule has 0 bridgehead atoms. The average Bonchev–Trinajstić information content (AvgIpc) is 2.37. The van der Waals surface area contributed by atoms with Crippen molar-refractivity contribution < 1.29 is 14.6 Å². The molecule has 0 aliphatic heterocycles. The summed E-state index contributed by atoms with van der Waals surface area (Å²) in [5.74, 6) is -0.645. The predicted octanol–water partition coefficient (Wildman–Crippen LogP) is 1.23. The van der Waals surface area contributed by atoms with E-state index in [9.17, 15) is 9.90 Å². The van der Waals surface area contributed by atoms with Crippen LogP contribution in [0.5, 0.6) is 0 Å². The largest absolute Gasteiger partial charge is 0.464 e. The molecule has 2 aromatic rings. The fourth-order valence-corrected chi connectivity index (χ4v) is 1.54. The van der Waals surface area contributed by atoms with Gasteiger partial charge in [0.2, 0.25) is 0 Å². The van der Waals surface area contributed by atoms with E-state index < -0.39 is 12.1 Å². The lowest BCUT2D eigenvalue weighted by molar-refractivity contribution is -0.153. The Morgan fingerprint density at radius 1 is 1.35 bits per heavy atom. The van der Waals surface area contributed by atoms with Gasteiger partial charge in [-0.2, -0.15) is 10.2 Å². The Labute approximate surface area is 98.0 Å². The van der Waals surface area contributed by atoms with Crippen molar-refractivity contribution in [3.63, 3.8) is 0 Å². The number of aliphatic hydroxyl groups excluding tert-OH is 1. The fraction of sp³-hybridized carbons (Fsp3) is 0.250. The Hall–Kier alpha value is -2.01. The second-order valence-electron chi connectivity index (χ2n) is 3.53. The Balaban J connectivity index is 2.32. The van der Waals surface area contributed by atoms with Gasteiger partial charge in [-0.05, 0) is 18.6 Å². The molecule has 1 N–H and O–H groups in total. The van der Waals surface area contributed by atoms with E-state index in [1.165, 1.54) is 0 Å². The van der Waals surface area contributed by atoms with Crippen molar-refractivity contribution >= 4 is 16.7 Å². The van der Waals surface area contributed by atoms with Crippen LogP contribution >= 0.6 is 0 Å². The Morgan fingerprint density at radius 3 is 2.76 bits per heavy atom. The number of benzene rings is 1. The Bertz CT molecular complexity index is 542. The van der Waals surface area contributed by atoms with E-state index >= 15 is 0 Å². The summed E-state index contributed by atoms with van der Waals surface area (Å²) in [7, 11) is 0. The molecule has 5 heteroatoms. The van der Waals surface area contributed by atoms with E-state index in [1.807, 2.05) is 0 Å². The third kappa shape index (κ3) is 2.39. The van der Waals surface area contributed by atoms with Crippen LogP contribution in [0.4, 0.5) is 0 Å². The molecule has 0 aliphatic rings. The summed E-state index contributed by atoms with van der Waals surface area (Å²) in [4.78, 5) is 11.4. The van der Waals surface area contributed by atoms with Crippen LogP contribution < -0.4 is 0 Å². The van der Waals surface area contributed by atoms with Crippen LogP contribution in [0.25, 0.3) is 10.8 Å². The van der Waals surface area contributed by atoms with Crippen molar-refractivity contribution in [2.45, 2.75) is 13.0 Å². The summed E-state index contributed by atoms with van der Waals surface area (Å²) in [6.07, 6.45) is 1.94. The molecule has 5 nitrogen and oxygen atoms in total. The first kappa shape index (κ1) is 11.5. The number of carbonyl (C=O) groups is 1. The van der Waals surface area contributed by atoms with Crippen LogP contribution in [0.15, 0.2) is 30.6 Å². The third-order valence-electron chi connectivity index (χ3n) is 2.40. The molecule has 88 valence electrons. The van der Waals surface area contributed by atoms with Crippen molar-refractivity contribution in [2.75, 3.05) is 6.61 Å². The fourth-order valence-electron chi connectivity index (χ4n) is 1.54. The molecule has 0 aliphatic carbocycles. The minimum absolute atomic E-state index is 0.245. The predicted molar refractivity (Wildman–Crippen MR) is 61.1 cm³/mol. The minimum Gasteiger partial charge on any atom is -0.464 e. The lowest BCUT2D eigenvalue weighted by atomic mass is 10.1. The summed E-state index contributed by atoms with van der Waals surface area (Å²) in [6.45, 7) is 1.94. The first-order valence-electron chi connectivity index (χ1n) is 5.27. The van der Waals surface area contributed by atoms with Crippen molar-refractivity contribution in [2.24, 2.45) is 0 Å². The smallest absolute Gasteiger partial charge is 0.339 e. The molecule has 0 saturated carbocycles. The van der Waals surface area contributed by atoms with Gasteiger partial charge in [-0.1, -0.05) is 12.1 Å². The quantitative estimate of drug-likeness (QED) is 0.806. The van der Waals surface area contributed by atoms with Crippen molar-refractivity contribution in [3.8, 4) is 0 Å². The summed E-state index contributed by atoms with van der Waals surface area (Å²) in [5, 5.41) is 19.0. The topological polar surface area (TPSA) is 72.3 Å². The van der Waals surface area contributed by atoms with Gasteiger partial charge in [-0.3, -0.25) is 0 Å². The number of fused-ring (bicyclic) bond motifs is 1. The number of carbonyl (C=O) groups excluding carboxylic acids is 1. The molecule has 17 heavy (non-hydrogen) atoms. The number of aromatic nitrogens is 2. The number of ether oxygens (including phenoxy) is 1. The molecule has 0 amide bonds. The van der Waals surface area contributed by atoms with Crippen LogP contribution in [-0.4, -0.2) is 27.9 Å². The zero-order valence-corrected chi connectivity index (χ0v) is 9.33. The number of hydrogen-bond donors (Lipinski definition) is 1. The number of aliphatic hydroxyl groups is 1. The number of esters is 1. The van der Waals surface area contributed by atoms with Crippen LogP contribution in [0.2, 0.25) is 0 Å². The van der Waals surface area contributed by atoms with E-state index in [0.717, 1.165) is 10.8 Å². The normalized spacial score (nSPS) is 12.4. The summed E-state index contributed by atoms with van der Waals surface area (Å²) >= 11 is 0. The summed E-state index contributed by atoms with van der Waals surface area (Å²) in [5.41, 5.74) is 0.490. The van der Waals surface area contributed by atoms with Crippen molar-refractivity contribution in [1.29, 1.82) is 0 Å².